The zero-order valence-corrected chi connectivity index (χ0v) is 18.9. The van der Waals surface area contributed by atoms with Gasteiger partial charge in [-0.25, -0.2) is 8.78 Å². The second-order valence-electron chi connectivity index (χ2n) is 9.11. The summed E-state index contributed by atoms with van der Waals surface area (Å²) in [6.45, 7) is 0. The van der Waals surface area contributed by atoms with Crippen molar-refractivity contribution >= 4 is 16.6 Å². The highest BCUT2D eigenvalue weighted by Crippen LogP contribution is 2.33. The Morgan fingerprint density at radius 3 is 2.56 bits per heavy atom. The molecule has 1 saturated carbocycles. The van der Waals surface area contributed by atoms with Crippen LogP contribution in [0.2, 0.25) is 0 Å². The lowest BCUT2D eigenvalue weighted by Crippen LogP contribution is -2.08. The largest absolute Gasteiger partial charge is 0.294 e. The number of ketones is 1. The SMILES string of the molecule is O=C(Cc1cc2cc(-c3cncc(C(F)F)c3)ccc2cn1)c1cccc(C2CCCCC2)c1. The first-order valence-corrected chi connectivity index (χ1v) is 11.8. The van der Waals surface area contributed by atoms with E-state index >= 15 is 0 Å². The third-order valence-corrected chi connectivity index (χ3v) is 6.75. The van der Waals surface area contributed by atoms with Gasteiger partial charge in [0.15, 0.2) is 5.78 Å². The summed E-state index contributed by atoms with van der Waals surface area (Å²) < 4.78 is 26.2. The number of carbonyl (C=O) groups excluding carboxylic acids is 1. The first kappa shape index (κ1) is 22.3. The minimum absolute atomic E-state index is 0.0505. The molecule has 5 heteroatoms. The van der Waals surface area contributed by atoms with Gasteiger partial charge in [0.2, 0.25) is 0 Å². The predicted octanol–water partition coefficient (Wildman–Crippen LogP) is 7.71. The number of pyridine rings is 2. The average molecular weight is 457 g/mol. The molecule has 0 bridgehead atoms. The highest BCUT2D eigenvalue weighted by atomic mass is 19.3. The number of hydrogen-bond acceptors (Lipinski definition) is 3. The van der Waals surface area contributed by atoms with Gasteiger partial charge in [0.1, 0.15) is 0 Å². The number of fused-ring (bicyclic) bond motifs is 1. The van der Waals surface area contributed by atoms with E-state index < -0.39 is 6.43 Å². The molecule has 1 aliphatic rings. The van der Waals surface area contributed by atoms with E-state index in [9.17, 15) is 13.6 Å². The normalized spacial score (nSPS) is 14.6. The minimum Gasteiger partial charge on any atom is -0.294 e. The van der Waals surface area contributed by atoms with Crippen LogP contribution in [0, 0.1) is 0 Å². The highest BCUT2D eigenvalue weighted by molar-refractivity contribution is 5.98. The average Bonchev–Trinajstić information content (AvgIpc) is 2.89. The van der Waals surface area contributed by atoms with E-state index in [1.807, 2.05) is 36.4 Å². The topological polar surface area (TPSA) is 42.9 Å². The number of hydrogen-bond donors (Lipinski definition) is 0. The van der Waals surface area contributed by atoms with E-state index in [4.69, 9.17) is 0 Å². The van der Waals surface area contributed by atoms with Crippen LogP contribution in [-0.4, -0.2) is 15.8 Å². The van der Waals surface area contributed by atoms with Crippen LogP contribution in [0.25, 0.3) is 21.9 Å². The van der Waals surface area contributed by atoms with Crippen LogP contribution in [0.15, 0.2) is 73.2 Å². The molecule has 0 amide bonds. The molecule has 0 spiro atoms. The molecule has 4 aromatic rings. The molecule has 0 N–H and O–H groups in total. The van der Waals surface area contributed by atoms with Crippen molar-refractivity contribution in [2.75, 3.05) is 0 Å². The number of aromatic nitrogens is 2. The van der Waals surface area contributed by atoms with Crippen LogP contribution in [-0.2, 0) is 6.42 Å². The number of carbonyl (C=O) groups is 1. The standard InChI is InChI=1S/C29H26F2N2O/c30-29(31)26-13-25(16-32-17-26)21-9-10-23-18-33-27(14-24(23)12-21)15-28(34)22-8-4-7-20(11-22)19-5-2-1-3-6-19/h4,7-14,16-19,29H,1-3,5-6,15H2. The molecule has 0 atom stereocenters. The number of benzene rings is 2. The van der Waals surface area contributed by atoms with Gasteiger partial charge >= 0.3 is 0 Å². The maximum atomic E-state index is 13.1. The molecular weight excluding hydrogens is 430 g/mol. The molecule has 5 rings (SSSR count). The van der Waals surface area contributed by atoms with Crippen molar-refractivity contribution in [1.29, 1.82) is 0 Å². The number of alkyl halides is 2. The Labute approximate surface area is 197 Å². The molecule has 0 saturated heterocycles. The molecule has 2 heterocycles. The molecule has 0 unspecified atom stereocenters. The van der Waals surface area contributed by atoms with E-state index in [1.165, 1.54) is 49.9 Å². The highest BCUT2D eigenvalue weighted by Gasteiger charge is 2.17. The Bertz CT molecular complexity index is 1330. The van der Waals surface area contributed by atoms with Crippen molar-refractivity contribution in [3.8, 4) is 11.1 Å². The van der Waals surface area contributed by atoms with Crippen LogP contribution in [0.3, 0.4) is 0 Å². The molecule has 1 fully saturated rings. The van der Waals surface area contributed by atoms with Gasteiger partial charge in [0, 0.05) is 46.4 Å². The lowest BCUT2D eigenvalue weighted by Gasteiger charge is -2.22. The summed E-state index contributed by atoms with van der Waals surface area (Å²) in [5.74, 6) is 0.603. The van der Waals surface area contributed by atoms with Gasteiger partial charge in [-0.05, 0) is 59.5 Å². The first-order chi connectivity index (χ1) is 16.6. The summed E-state index contributed by atoms with van der Waals surface area (Å²) in [4.78, 5) is 21.5. The Morgan fingerprint density at radius 2 is 1.74 bits per heavy atom. The summed E-state index contributed by atoms with van der Waals surface area (Å²) in [7, 11) is 0. The van der Waals surface area contributed by atoms with E-state index in [2.05, 4.69) is 22.1 Å². The molecule has 0 aliphatic heterocycles. The summed E-state index contributed by atoms with van der Waals surface area (Å²) in [6.07, 6.45) is 8.39. The predicted molar refractivity (Wildman–Crippen MR) is 130 cm³/mol. The van der Waals surface area contributed by atoms with E-state index in [-0.39, 0.29) is 17.8 Å². The molecular formula is C29H26F2N2O. The summed E-state index contributed by atoms with van der Waals surface area (Å²) in [5, 5.41) is 1.84. The van der Waals surface area contributed by atoms with Crippen LogP contribution in [0.4, 0.5) is 8.78 Å². The van der Waals surface area contributed by atoms with Gasteiger partial charge in [-0.15, -0.1) is 0 Å². The smallest absolute Gasteiger partial charge is 0.265 e. The Balaban J connectivity index is 1.38. The van der Waals surface area contributed by atoms with Crippen LogP contribution >= 0.6 is 0 Å². The van der Waals surface area contributed by atoms with Gasteiger partial charge in [-0.2, -0.15) is 0 Å². The quantitative estimate of drug-likeness (QED) is 0.279. The van der Waals surface area contributed by atoms with Gasteiger partial charge < -0.3 is 0 Å². The molecule has 34 heavy (non-hydrogen) atoms. The lowest BCUT2D eigenvalue weighted by atomic mass is 9.83. The summed E-state index contributed by atoms with van der Waals surface area (Å²) in [5.41, 5.74) is 4.01. The first-order valence-electron chi connectivity index (χ1n) is 11.8. The fourth-order valence-corrected chi connectivity index (χ4v) is 4.87. The third-order valence-electron chi connectivity index (χ3n) is 6.75. The zero-order chi connectivity index (χ0) is 23.5. The summed E-state index contributed by atoms with van der Waals surface area (Å²) >= 11 is 0. The van der Waals surface area contributed by atoms with Gasteiger partial charge in [-0.3, -0.25) is 14.8 Å². The van der Waals surface area contributed by atoms with E-state index in [0.717, 1.165) is 21.9 Å². The van der Waals surface area contributed by atoms with Crippen molar-refractivity contribution in [3.63, 3.8) is 0 Å². The Hall–Kier alpha value is -3.47. The molecule has 0 radical (unpaired) electrons. The van der Waals surface area contributed by atoms with E-state index in [1.54, 1.807) is 12.4 Å². The Morgan fingerprint density at radius 1 is 0.882 bits per heavy atom. The van der Waals surface area contributed by atoms with Crippen LogP contribution < -0.4 is 0 Å². The number of nitrogens with zero attached hydrogens (tertiary/aromatic N) is 2. The lowest BCUT2D eigenvalue weighted by molar-refractivity contribution is 0.0991. The molecule has 1 aliphatic carbocycles. The van der Waals surface area contributed by atoms with Crippen molar-refractivity contribution in [3.05, 3.63) is 95.6 Å². The van der Waals surface area contributed by atoms with Crippen molar-refractivity contribution in [2.24, 2.45) is 0 Å². The number of halogens is 2. The Kier molecular flexibility index (Phi) is 6.43. The van der Waals surface area contributed by atoms with Gasteiger partial charge in [0.05, 0.1) is 6.42 Å². The fourth-order valence-electron chi connectivity index (χ4n) is 4.87. The number of rotatable bonds is 6. The van der Waals surface area contributed by atoms with Crippen LogP contribution in [0.1, 0.15) is 71.6 Å². The monoisotopic (exact) mass is 456 g/mol. The van der Waals surface area contributed by atoms with Crippen LogP contribution in [0.5, 0.6) is 0 Å². The second-order valence-corrected chi connectivity index (χ2v) is 9.11. The minimum atomic E-state index is -2.56. The molecule has 172 valence electrons. The molecule has 2 aromatic carbocycles. The molecule has 3 nitrogen and oxygen atoms in total. The summed E-state index contributed by atoms with van der Waals surface area (Å²) in [6, 6.07) is 17.2. The maximum absolute atomic E-state index is 13.1. The van der Waals surface area contributed by atoms with E-state index in [0.29, 0.717) is 17.2 Å². The van der Waals surface area contributed by atoms with Crippen molar-refractivity contribution in [1.82, 2.24) is 9.97 Å². The fraction of sp³-hybridized carbons (Fsp3) is 0.276. The van der Waals surface area contributed by atoms with Crippen molar-refractivity contribution in [2.45, 2.75) is 50.9 Å². The number of Topliss-reactive ketones (excluding diaryl/α,β-unsaturated/α-hetero) is 1. The molecule has 2 aromatic heterocycles. The van der Waals surface area contributed by atoms with Gasteiger partial charge in [0.25, 0.3) is 6.43 Å². The second kappa shape index (κ2) is 9.80. The van der Waals surface area contributed by atoms with Gasteiger partial charge in [-0.1, -0.05) is 49.6 Å². The maximum Gasteiger partial charge on any atom is 0.265 e. The third kappa shape index (κ3) is 4.89. The zero-order valence-electron chi connectivity index (χ0n) is 18.9. The van der Waals surface area contributed by atoms with Crippen molar-refractivity contribution < 1.29 is 13.6 Å².